The molecule has 1 heteroatoms. The maximum absolute atomic E-state index is 8.56. The van der Waals surface area contributed by atoms with Gasteiger partial charge in [-0.15, -0.1) is 6.42 Å². The fourth-order valence-electron chi connectivity index (χ4n) is 0.761. The Labute approximate surface area is 55.1 Å². The first-order chi connectivity index (χ1) is 4.38. The standard InChI is InChI=1S/C8H8O/c1-2-3-4-7-5-8(7)6-9/h1,7-9H,5-6H2/t7-,8+/m0/s1. The second kappa shape index (κ2) is 2.58. The molecule has 0 saturated heterocycles. The summed E-state index contributed by atoms with van der Waals surface area (Å²) in [7, 11) is 0. The monoisotopic (exact) mass is 120 g/mol. The lowest BCUT2D eigenvalue weighted by molar-refractivity contribution is 0.273. The highest BCUT2D eigenvalue weighted by Gasteiger charge is 2.34. The molecule has 1 aliphatic carbocycles. The van der Waals surface area contributed by atoms with Crippen LogP contribution in [-0.2, 0) is 0 Å². The van der Waals surface area contributed by atoms with E-state index in [1.165, 1.54) is 0 Å². The van der Waals surface area contributed by atoms with Gasteiger partial charge in [0.25, 0.3) is 0 Å². The van der Waals surface area contributed by atoms with Crippen LogP contribution in [0.2, 0.25) is 0 Å². The van der Waals surface area contributed by atoms with Crippen molar-refractivity contribution in [2.24, 2.45) is 11.8 Å². The minimum Gasteiger partial charge on any atom is -0.396 e. The number of hydrogen-bond acceptors (Lipinski definition) is 1. The van der Waals surface area contributed by atoms with Crippen LogP contribution in [0.5, 0.6) is 0 Å². The van der Waals surface area contributed by atoms with Crippen molar-refractivity contribution in [3.05, 3.63) is 0 Å². The van der Waals surface area contributed by atoms with Crippen LogP contribution in [0.15, 0.2) is 0 Å². The summed E-state index contributed by atoms with van der Waals surface area (Å²) >= 11 is 0. The molecule has 0 aromatic carbocycles. The predicted octanol–water partition coefficient (Wildman–Crippen LogP) is 0.251. The SMILES string of the molecule is C#CC#C[C@H]1C[C@@H]1CO. The Morgan fingerprint density at radius 1 is 1.67 bits per heavy atom. The lowest BCUT2D eigenvalue weighted by Gasteiger charge is -1.80. The van der Waals surface area contributed by atoms with Crippen molar-refractivity contribution in [2.45, 2.75) is 6.42 Å². The summed E-state index contributed by atoms with van der Waals surface area (Å²) < 4.78 is 0. The van der Waals surface area contributed by atoms with E-state index in [-0.39, 0.29) is 6.61 Å². The van der Waals surface area contributed by atoms with Gasteiger partial charge in [-0.2, -0.15) is 0 Å². The van der Waals surface area contributed by atoms with Gasteiger partial charge in [0.1, 0.15) is 0 Å². The minimum atomic E-state index is 0.254. The van der Waals surface area contributed by atoms with E-state index in [1.807, 2.05) is 0 Å². The van der Waals surface area contributed by atoms with Crippen molar-refractivity contribution in [1.82, 2.24) is 0 Å². The molecule has 0 bridgehead atoms. The van der Waals surface area contributed by atoms with Gasteiger partial charge in [0.15, 0.2) is 0 Å². The molecule has 1 nitrogen and oxygen atoms in total. The van der Waals surface area contributed by atoms with Gasteiger partial charge in [-0.3, -0.25) is 0 Å². The lowest BCUT2D eigenvalue weighted by Crippen LogP contribution is -1.85. The van der Waals surface area contributed by atoms with E-state index in [0.29, 0.717) is 11.8 Å². The number of hydrogen-bond donors (Lipinski definition) is 1. The maximum Gasteiger partial charge on any atom is 0.0471 e. The fraction of sp³-hybridized carbons (Fsp3) is 0.500. The van der Waals surface area contributed by atoms with Crippen LogP contribution < -0.4 is 0 Å². The summed E-state index contributed by atoms with van der Waals surface area (Å²) in [5.74, 6) is 8.43. The lowest BCUT2D eigenvalue weighted by atomic mass is 10.3. The van der Waals surface area contributed by atoms with E-state index in [2.05, 4.69) is 17.8 Å². The summed E-state index contributed by atoms with van der Waals surface area (Å²) in [6, 6.07) is 0. The smallest absolute Gasteiger partial charge is 0.0471 e. The zero-order valence-electron chi connectivity index (χ0n) is 5.09. The van der Waals surface area contributed by atoms with Crippen molar-refractivity contribution in [1.29, 1.82) is 0 Å². The highest BCUT2D eigenvalue weighted by molar-refractivity contribution is 5.25. The molecular formula is C8H8O. The number of aliphatic hydroxyl groups is 1. The van der Waals surface area contributed by atoms with Crippen LogP contribution in [0.25, 0.3) is 0 Å². The van der Waals surface area contributed by atoms with Crippen LogP contribution in [0.3, 0.4) is 0 Å². The molecule has 0 unspecified atom stereocenters. The van der Waals surface area contributed by atoms with Gasteiger partial charge in [-0.25, -0.2) is 0 Å². The molecule has 1 rings (SSSR count). The average molecular weight is 120 g/mol. The first-order valence-electron chi connectivity index (χ1n) is 2.95. The van der Waals surface area contributed by atoms with Crippen LogP contribution in [0.4, 0.5) is 0 Å². The van der Waals surface area contributed by atoms with Gasteiger partial charge in [-0.1, -0.05) is 5.92 Å². The largest absolute Gasteiger partial charge is 0.396 e. The average Bonchev–Trinajstić information content (AvgIpc) is 2.62. The third kappa shape index (κ3) is 1.49. The Morgan fingerprint density at radius 3 is 2.89 bits per heavy atom. The highest BCUT2D eigenvalue weighted by Crippen LogP contribution is 2.36. The van der Waals surface area contributed by atoms with E-state index in [1.54, 1.807) is 0 Å². The van der Waals surface area contributed by atoms with Gasteiger partial charge < -0.3 is 5.11 Å². The van der Waals surface area contributed by atoms with Crippen LogP contribution in [-0.4, -0.2) is 11.7 Å². The molecule has 1 saturated carbocycles. The second-order valence-electron chi connectivity index (χ2n) is 2.20. The van der Waals surface area contributed by atoms with Gasteiger partial charge in [-0.05, 0) is 24.2 Å². The summed E-state index contributed by atoms with van der Waals surface area (Å²) in [6.45, 7) is 0.254. The topological polar surface area (TPSA) is 20.2 Å². The zero-order chi connectivity index (χ0) is 6.69. The predicted molar refractivity (Wildman–Crippen MR) is 35.3 cm³/mol. The maximum atomic E-state index is 8.56. The molecule has 0 spiro atoms. The Balaban J connectivity index is 2.29. The molecule has 9 heavy (non-hydrogen) atoms. The quantitative estimate of drug-likeness (QED) is 0.492. The first kappa shape index (κ1) is 6.20. The Bertz CT molecular complexity index is 189. The van der Waals surface area contributed by atoms with Crippen molar-refractivity contribution >= 4 is 0 Å². The summed E-state index contributed by atoms with van der Waals surface area (Å²) in [5.41, 5.74) is 0. The third-order valence-corrected chi connectivity index (χ3v) is 1.49. The Hall–Kier alpha value is -0.920. The first-order valence-corrected chi connectivity index (χ1v) is 2.95. The zero-order valence-corrected chi connectivity index (χ0v) is 5.09. The van der Waals surface area contributed by atoms with Gasteiger partial charge in [0.05, 0.1) is 0 Å². The highest BCUT2D eigenvalue weighted by atomic mass is 16.3. The summed E-state index contributed by atoms with van der Waals surface area (Å²) in [4.78, 5) is 0. The van der Waals surface area contributed by atoms with Crippen molar-refractivity contribution < 1.29 is 5.11 Å². The minimum absolute atomic E-state index is 0.254. The third-order valence-electron chi connectivity index (χ3n) is 1.49. The molecule has 0 aromatic rings. The van der Waals surface area contributed by atoms with E-state index in [0.717, 1.165) is 6.42 Å². The Morgan fingerprint density at radius 2 is 2.44 bits per heavy atom. The molecule has 0 heterocycles. The molecular weight excluding hydrogens is 112 g/mol. The molecule has 1 aliphatic rings. The van der Waals surface area contributed by atoms with Crippen molar-refractivity contribution in [2.75, 3.05) is 6.61 Å². The van der Waals surface area contributed by atoms with E-state index < -0.39 is 0 Å². The van der Waals surface area contributed by atoms with Gasteiger partial charge >= 0.3 is 0 Å². The molecule has 2 atom stereocenters. The van der Waals surface area contributed by atoms with Gasteiger partial charge in [0.2, 0.25) is 0 Å². The van der Waals surface area contributed by atoms with Crippen LogP contribution >= 0.6 is 0 Å². The number of rotatable bonds is 1. The van der Waals surface area contributed by atoms with Crippen molar-refractivity contribution in [3.63, 3.8) is 0 Å². The molecule has 0 aromatic heterocycles. The number of terminal acetylenes is 1. The van der Waals surface area contributed by atoms with Crippen molar-refractivity contribution in [3.8, 4) is 24.2 Å². The molecule has 46 valence electrons. The molecule has 0 aliphatic heterocycles. The summed E-state index contributed by atoms with van der Waals surface area (Å²) in [5, 5.41) is 8.56. The molecule has 0 amide bonds. The van der Waals surface area contributed by atoms with E-state index in [9.17, 15) is 0 Å². The molecule has 1 N–H and O–H groups in total. The molecule has 1 fully saturated rings. The molecule has 0 radical (unpaired) electrons. The summed E-state index contributed by atoms with van der Waals surface area (Å²) in [6.07, 6.45) is 5.92. The Kier molecular flexibility index (Phi) is 1.78. The normalized spacial score (nSPS) is 29.8. The van der Waals surface area contributed by atoms with Crippen LogP contribution in [0, 0.1) is 36.0 Å². The fourth-order valence-corrected chi connectivity index (χ4v) is 0.761. The van der Waals surface area contributed by atoms with E-state index in [4.69, 9.17) is 11.5 Å². The van der Waals surface area contributed by atoms with Crippen LogP contribution in [0.1, 0.15) is 6.42 Å². The van der Waals surface area contributed by atoms with E-state index >= 15 is 0 Å². The second-order valence-corrected chi connectivity index (χ2v) is 2.20. The van der Waals surface area contributed by atoms with Gasteiger partial charge in [0, 0.05) is 12.5 Å². The number of aliphatic hydroxyl groups excluding tert-OH is 1.